The average Bonchev–Trinajstić information content (AvgIpc) is 3.12. The molecule has 0 saturated carbocycles. The Balaban J connectivity index is 2.09. The number of ether oxygens (including phenoxy) is 1. The molecule has 1 fully saturated rings. The molecule has 3 amide bonds. The highest BCUT2D eigenvalue weighted by atomic mass is 35.5. The Labute approximate surface area is 196 Å². The van der Waals surface area contributed by atoms with E-state index in [1.54, 1.807) is 37.8 Å². The molecule has 1 saturated heterocycles. The maximum absolute atomic E-state index is 13.4. The molecule has 178 valence electrons. The zero-order valence-electron chi connectivity index (χ0n) is 20.0. The third kappa shape index (κ3) is 8.34. The molecule has 1 aromatic rings. The van der Waals surface area contributed by atoms with E-state index in [1.165, 1.54) is 0 Å². The van der Waals surface area contributed by atoms with Crippen molar-refractivity contribution in [2.24, 2.45) is 5.41 Å². The molecule has 1 aliphatic heterocycles. The molecule has 0 spiro atoms. The fourth-order valence-corrected chi connectivity index (χ4v) is 3.93. The number of amides is 3. The number of likely N-dealkylation sites (tertiary alicyclic amines) is 1. The molecule has 1 aromatic carbocycles. The number of carbonyl (C=O) groups excluding carboxylic acids is 3. The van der Waals surface area contributed by atoms with Gasteiger partial charge < -0.3 is 20.3 Å². The largest absolute Gasteiger partial charge is 0.444 e. The minimum Gasteiger partial charge on any atom is -0.444 e. The van der Waals surface area contributed by atoms with Gasteiger partial charge in [-0.05, 0) is 63.1 Å². The van der Waals surface area contributed by atoms with Crippen LogP contribution in [0.15, 0.2) is 24.3 Å². The van der Waals surface area contributed by atoms with Crippen molar-refractivity contribution in [3.05, 3.63) is 34.9 Å². The summed E-state index contributed by atoms with van der Waals surface area (Å²) in [7, 11) is 0. The lowest BCUT2D eigenvalue weighted by atomic mass is 9.87. The van der Waals surface area contributed by atoms with Gasteiger partial charge in [-0.1, -0.05) is 44.5 Å². The molecule has 0 radical (unpaired) electrons. The van der Waals surface area contributed by atoms with Gasteiger partial charge in [-0.15, -0.1) is 0 Å². The first-order valence-corrected chi connectivity index (χ1v) is 11.5. The van der Waals surface area contributed by atoms with E-state index in [4.69, 9.17) is 16.3 Å². The number of nitrogens with zero attached hydrogens (tertiary/aromatic N) is 1. The summed E-state index contributed by atoms with van der Waals surface area (Å²) in [6.45, 7) is 12.1. The first-order valence-electron chi connectivity index (χ1n) is 11.1. The van der Waals surface area contributed by atoms with Crippen molar-refractivity contribution >= 4 is 29.5 Å². The molecule has 0 aliphatic carbocycles. The monoisotopic (exact) mass is 465 g/mol. The lowest BCUT2D eigenvalue weighted by Gasteiger charge is -2.32. The molecule has 0 unspecified atom stereocenters. The van der Waals surface area contributed by atoms with E-state index in [1.807, 2.05) is 32.9 Å². The van der Waals surface area contributed by atoms with Gasteiger partial charge >= 0.3 is 6.09 Å². The number of rotatable bonds is 6. The SMILES string of the molecule is CC(C)(C)C[C@@H](NC(=O)OC(C)(C)C)C(=O)N1CCC[C@H]1C(=O)NCc1cccc(Cl)c1. The van der Waals surface area contributed by atoms with Gasteiger partial charge in [0, 0.05) is 18.1 Å². The first-order chi connectivity index (χ1) is 14.7. The Morgan fingerprint density at radius 2 is 1.88 bits per heavy atom. The van der Waals surface area contributed by atoms with Crippen molar-refractivity contribution < 1.29 is 19.1 Å². The fraction of sp³-hybridized carbons (Fsp3) is 0.625. The normalized spacial score (nSPS) is 17.6. The summed E-state index contributed by atoms with van der Waals surface area (Å²) in [6, 6.07) is 5.94. The predicted octanol–water partition coefficient (Wildman–Crippen LogP) is 4.28. The van der Waals surface area contributed by atoms with Crippen LogP contribution in [0.4, 0.5) is 4.79 Å². The van der Waals surface area contributed by atoms with Crippen LogP contribution in [0, 0.1) is 5.41 Å². The predicted molar refractivity (Wildman–Crippen MR) is 125 cm³/mol. The molecule has 2 rings (SSSR count). The molecule has 32 heavy (non-hydrogen) atoms. The number of benzene rings is 1. The zero-order chi connectivity index (χ0) is 24.1. The van der Waals surface area contributed by atoms with E-state index in [0.29, 0.717) is 31.0 Å². The van der Waals surface area contributed by atoms with Gasteiger partial charge in [-0.2, -0.15) is 0 Å². The van der Waals surface area contributed by atoms with Crippen molar-refractivity contribution in [2.45, 2.75) is 85.0 Å². The Hall–Kier alpha value is -2.28. The zero-order valence-corrected chi connectivity index (χ0v) is 20.7. The topological polar surface area (TPSA) is 87.7 Å². The van der Waals surface area contributed by atoms with Crippen LogP contribution in [-0.4, -0.2) is 47.0 Å². The lowest BCUT2D eigenvalue weighted by Crippen LogP contribution is -2.54. The van der Waals surface area contributed by atoms with Crippen LogP contribution in [0.3, 0.4) is 0 Å². The number of halogens is 1. The minimum absolute atomic E-state index is 0.206. The standard InChI is InChI=1S/C24H36ClN3O4/c1-23(2,3)14-18(27-22(31)32-24(4,5)6)21(30)28-12-8-11-19(28)20(29)26-15-16-9-7-10-17(25)13-16/h7,9-10,13,18-19H,8,11-12,14-15H2,1-6H3,(H,26,29)(H,27,31)/t18-,19+/m1/s1. The quantitative estimate of drug-likeness (QED) is 0.656. The second-order valence-corrected chi connectivity index (χ2v) is 10.9. The van der Waals surface area contributed by atoms with Gasteiger partial charge in [0.25, 0.3) is 0 Å². The second-order valence-electron chi connectivity index (χ2n) is 10.5. The molecule has 2 atom stereocenters. The number of carbonyl (C=O) groups is 3. The van der Waals surface area contributed by atoms with Gasteiger partial charge in [-0.25, -0.2) is 4.79 Å². The molecule has 2 N–H and O–H groups in total. The Morgan fingerprint density at radius 1 is 1.19 bits per heavy atom. The fourth-order valence-electron chi connectivity index (χ4n) is 3.72. The van der Waals surface area contributed by atoms with Crippen LogP contribution in [0.5, 0.6) is 0 Å². The summed E-state index contributed by atoms with van der Waals surface area (Å²) in [4.78, 5) is 40.3. The van der Waals surface area contributed by atoms with E-state index >= 15 is 0 Å². The average molecular weight is 466 g/mol. The van der Waals surface area contributed by atoms with Crippen molar-refractivity contribution in [1.82, 2.24) is 15.5 Å². The highest BCUT2D eigenvalue weighted by Gasteiger charge is 2.39. The highest BCUT2D eigenvalue weighted by molar-refractivity contribution is 6.30. The summed E-state index contributed by atoms with van der Waals surface area (Å²) in [5.41, 5.74) is 0.00814. The number of alkyl carbamates (subject to hydrolysis) is 1. The number of nitrogens with one attached hydrogen (secondary N) is 2. The van der Waals surface area contributed by atoms with Crippen LogP contribution >= 0.6 is 11.6 Å². The molecular weight excluding hydrogens is 430 g/mol. The molecule has 1 heterocycles. The lowest BCUT2D eigenvalue weighted by molar-refractivity contribution is -0.140. The summed E-state index contributed by atoms with van der Waals surface area (Å²) >= 11 is 6.01. The van der Waals surface area contributed by atoms with Crippen molar-refractivity contribution in [3.63, 3.8) is 0 Å². The van der Waals surface area contributed by atoms with E-state index in [2.05, 4.69) is 10.6 Å². The maximum Gasteiger partial charge on any atom is 0.408 e. The maximum atomic E-state index is 13.4. The number of hydrogen-bond donors (Lipinski definition) is 2. The van der Waals surface area contributed by atoms with Crippen LogP contribution < -0.4 is 10.6 Å². The molecule has 0 bridgehead atoms. The van der Waals surface area contributed by atoms with Crippen LogP contribution in [0.1, 0.15) is 66.4 Å². The summed E-state index contributed by atoms with van der Waals surface area (Å²) in [6.07, 6.45) is 1.11. The van der Waals surface area contributed by atoms with Gasteiger partial charge in [0.2, 0.25) is 11.8 Å². The van der Waals surface area contributed by atoms with Crippen LogP contribution in [0.2, 0.25) is 5.02 Å². The molecular formula is C24H36ClN3O4. The minimum atomic E-state index is -0.772. The summed E-state index contributed by atoms with van der Waals surface area (Å²) in [5.74, 6) is -0.464. The molecule has 1 aliphatic rings. The Kier molecular flexibility index (Phi) is 8.57. The van der Waals surface area contributed by atoms with Gasteiger partial charge in [0.15, 0.2) is 0 Å². The summed E-state index contributed by atoms with van der Waals surface area (Å²) in [5, 5.41) is 6.24. The second kappa shape index (κ2) is 10.6. The van der Waals surface area contributed by atoms with E-state index in [9.17, 15) is 14.4 Å². The van der Waals surface area contributed by atoms with E-state index < -0.39 is 23.8 Å². The van der Waals surface area contributed by atoms with Crippen molar-refractivity contribution in [3.8, 4) is 0 Å². The number of hydrogen-bond acceptors (Lipinski definition) is 4. The van der Waals surface area contributed by atoms with Gasteiger partial charge in [0.1, 0.15) is 17.7 Å². The Bertz CT molecular complexity index is 829. The van der Waals surface area contributed by atoms with E-state index in [-0.39, 0.29) is 17.2 Å². The highest BCUT2D eigenvalue weighted by Crippen LogP contribution is 2.25. The third-order valence-corrected chi connectivity index (χ3v) is 5.23. The van der Waals surface area contributed by atoms with Crippen LogP contribution in [0.25, 0.3) is 0 Å². The Morgan fingerprint density at radius 3 is 2.47 bits per heavy atom. The van der Waals surface area contributed by atoms with Crippen LogP contribution in [-0.2, 0) is 20.9 Å². The first kappa shape index (κ1) is 26.0. The van der Waals surface area contributed by atoms with E-state index in [0.717, 1.165) is 12.0 Å². The molecule has 7 nitrogen and oxygen atoms in total. The molecule has 8 heteroatoms. The summed E-state index contributed by atoms with van der Waals surface area (Å²) < 4.78 is 5.36. The third-order valence-electron chi connectivity index (χ3n) is 5.00. The van der Waals surface area contributed by atoms with Crippen molar-refractivity contribution in [2.75, 3.05) is 6.54 Å². The van der Waals surface area contributed by atoms with Crippen molar-refractivity contribution in [1.29, 1.82) is 0 Å². The molecule has 0 aromatic heterocycles. The van der Waals surface area contributed by atoms with Gasteiger partial charge in [-0.3, -0.25) is 9.59 Å². The smallest absolute Gasteiger partial charge is 0.408 e. The van der Waals surface area contributed by atoms with Gasteiger partial charge in [0.05, 0.1) is 0 Å².